The highest BCUT2D eigenvalue weighted by molar-refractivity contribution is 5.86. The van der Waals surface area contributed by atoms with Gasteiger partial charge in [-0.2, -0.15) is 0 Å². The van der Waals surface area contributed by atoms with Gasteiger partial charge in [-0.05, 0) is 62.1 Å². The average Bonchev–Trinajstić information content (AvgIpc) is 3.16. The van der Waals surface area contributed by atoms with Crippen LogP contribution in [0.3, 0.4) is 0 Å². The fourth-order valence-electron chi connectivity index (χ4n) is 5.43. The number of amides is 2. The summed E-state index contributed by atoms with van der Waals surface area (Å²) in [6, 6.07) is 3.93. The second-order valence-electron chi connectivity index (χ2n) is 9.06. The normalized spacial score (nSPS) is 26.2. The van der Waals surface area contributed by atoms with E-state index < -0.39 is 0 Å². The molecule has 3 fully saturated rings. The minimum absolute atomic E-state index is 0.186. The lowest BCUT2D eigenvalue weighted by Gasteiger charge is -2.41. The van der Waals surface area contributed by atoms with E-state index in [1.54, 1.807) is 12.4 Å². The number of hydrogen-bond donors (Lipinski definition) is 0. The van der Waals surface area contributed by atoms with Crippen LogP contribution in [0, 0.1) is 11.3 Å². The lowest BCUT2D eigenvalue weighted by Crippen LogP contribution is -2.51. The molecular weight excluding hydrogens is 350 g/mol. The van der Waals surface area contributed by atoms with Gasteiger partial charge in [0, 0.05) is 45.0 Å². The van der Waals surface area contributed by atoms with Crippen LogP contribution in [0.25, 0.3) is 0 Å². The summed E-state index contributed by atoms with van der Waals surface area (Å²) in [5.41, 5.74) is 0.837. The van der Waals surface area contributed by atoms with Crippen LogP contribution >= 0.6 is 0 Å². The number of likely N-dealkylation sites (tertiary alicyclic amines) is 2. The van der Waals surface area contributed by atoms with E-state index in [0.717, 1.165) is 50.9 Å². The highest BCUT2D eigenvalue weighted by Crippen LogP contribution is 2.41. The van der Waals surface area contributed by atoms with Gasteiger partial charge in [0.05, 0.1) is 5.41 Å². The molecule has 3 heterocycles. The predicted octanol–water partition coefficient (Wildman–Crippen LogP) is 3.44. The first-order chi connectivity index (χ1) is 13.7. The quantitative estimate of drug-likeness (QED) is 0.783. The van der Waals surface area contributed by atoms with Crippen molar-refractivity contribution < 1.29 is 9.59 Å². The Morgan fingerprint density at radius 2 is 1.86 bits per heavy atom. The molecule has 1 spiro atoms. The molecule has 4 rings (SSSR count). The van der Waals surface area contributed by atoms with E-state index in [-0.39, 0.29) is 11.3 Å². The molecule has 0 radical (unpaired) electrons. The maximum Gasteiger partial charge on any atom is 0.230 e. The smallest absolute Gasteiger partial charge is 0.230 e. The number of piperidine rings is 1. The monoisotopic (exact) mass is 383 g/mol. The van der Waals surface area contributed by atoms with Gasteiger partial charge >= 0.3 is 0 Å². The third-order valence-electron chi connectivity index (χ3n) is 7.11. The van der Waals surface area contributed by atoms with Gasteiger partial charge in [0.2, 0.25) is 11.8 Å². The van der Waals surface area contributed by atoms with E-state index in [0.29, 0.717) is 24.8 Å². The van der Waals surface area contributed by atoms with E-state index in [2.05, 4.69) is 9.88 Å². The zero-order valence-electron chi connectivity index (χ0n) is 16.9. The van der Waals surface area contributed by atoms with Crippen LogP contribution in [-0.4, -0.2) is 52.8 Å². The molecule has 1 aliphatic carbocycles. The molecule has 2 amide bonds. The summed E-state index contributed by atoms with van der Waals surface area (Å²) in [6.07, 6.45) is 14.2. The molecule has 1 atom stereocenters. The Balaban J connectivity index is 1.33. The number of nitrogens with zero attached hydrogens (tertiary/aromatic N) is 3. The van der Waals surface area contributed by atoms with Crippen molar-refractivity contribution in [1.82, 2.24) is 14.8 Å². The number of carbonyl (C=O) groups is 2. The van der Waals surface area contributed by atoms with Gasteiger partial charge in [0.15, 0.2) is 0 Å². The molecule has 2 saturated heterocycles. The summed E-state index contributed by atoms with van der Waals surface area (Å²) in [7, 11) is 0. The molecule has 28 heavy (non-hydrogen) atoms. The van der Waals surface area contributed by atoms with Crippen molar-refractivity contribution >= 4 is 11.8 Å². The Bertz CT molecular complexity index is 686. The number of rotatable bonds is 5. The zero-order valence-corrected chi connectivity index (χ0v) is 16.9. The van der Waals surface area contributed by atoms with Crippen LogP contribution in [0.5, 0.6) is 0 Å². The van der Waals surface area contributed by atoms with Crippen LogP contribution in [-0.2, 0) is 16.0 Å². The molecule has 152 valence electrons. The fourth-order valence-corrected chi connectivity index (χ4v) is 5.43. The Morgan fingerprint density at radius 3 is 2.64 bits per heavy atom. The van der Waals surface area contributed by atoms with Gasteiger partial charge in [-0.1, -0.05) is 19.3 Å². The molecule has 5 nitrogen and oxygen atoms in total. The summed E-state index contributed by atoms with van der Waals surface area (Å²) < 4.78 is 0. The van der Waals surface area contributed by atoms with Crippen molar-refractivity contribution in [3.05, 3.63) is 30.1 Å². The molecule has 0 N–H and O–H groups in total. The largest absolute Gasteiger partial charge is 0.342 e. The first-order valence-electron chi connectivity index (χ1n) is 11.1. The SMILES string of the molecule is O=C(CCc1ccncc1)N1CC[C@]2(CCCN(CC3CCCCC3)C2=O)C1. The van der Waals surface area contributed by atoms with Gasteiger partial charge in [-0.25, -0.2) is 0 Å². The highest BCUT2D eigenvalue weighted by atomic mass is 16.2. The van der Waals surface area contributed by atoms with Crippen LogP contribution in [0.4, 0.5) is 0 Å². The van der Waals surface area contributed by atoms with E-state index in [9.17, 15) is 9.59 Å². The maximum atomic E-state index is 13.4. The van der Waals surface area contributed by atoms with Gasteiger partial charge in [0.1, 0.15) is 0 Å². The van der Waals surface area contributed by atoms with Crippen molar-refractivity contribution in [3.8, 4) is 0 Å². The van der Waals surface area contributed by atoms with Crippen LogP contribution in [0.15, 0.2) is 24.5 Å². The molecule has 2 aliphatic heterocycles. The summed E-state index contributed by atoms with van der Waals surface area (Å²) in [5.74, 6) is 1.20. The van der Waals surface area contributed by atoms with E-state index in [1.807, 2.05) is 17.0 Å². The molecule has 1 aromatic rings. The third-order valence-corrected chi connectivity index (χ3v) is 7.11. The molecule has 5 heteroatoms. The number of aromatic nitrogens is 1. The standard InChI is InChI=1S/C23H33N3O2/c27-21(8-7-19-9-13-24-14-10-19)26-16-12-23(18-26)11-4-15-25(22(23)28)17-20-5-2-1-3-6-20/h9-10,13-14,20H,1-8,11-12,15-18H2/t23-/m1/s1. The Labute approximate surface area is 168 Å². The summed E-state index contributed by atoms with van der Waals surface area (Å²) in [4.78, 5) is 34.2. The second kappa shape index (κ2) is 8.62. The Morgan fingerprint density at radius 1 is 1.07 bits per heavy atom. The van der Waals surface area contributed by atoms with Gasteiger partial charge in [0.25, 0.3) is 0 Å². The van der Waals surface area contributed by atoms with Crippen molar-refractivity contribution in [3.63, 3.8) is 0 Å². The van der Waals surface area contributed by atoms with Crippen LogP contribution < -0.4 is 0 Å². The fraction of sp³-hybridized carbons (Fsp3) is 0.696. The number of aryl methyl sites for hydroxylation is 1. The van der Waals surface area contributed by atoms with Crippen molar-refractivity contribution in [2.75, 3.05) is 26.2 Å². The van der Waals surface area contributed by atoms with E-state index in [4.69, 9.17) is 0 Å². The first kappa shape index (κ1) is 19.4. The topological polar surface area (TPSA) is 53.5 Å². The Kier molecular flexibility index (Phi) is 5.98. The zero-order chi connectivity index (χ0) is 19.4. The van der Waals surface area contributed by atoms with Crippen LogP contribution in [0.1, 0.15) is 63.4 Å². The number of hydrogen-bond acceptors (Lipinski definition) is 3. The first-order valence-corrected chi connectivity index (χ1v) is 11.1. The minimum Gasteiger partial charge on any atom is -0.342 e. The number of carbonyl (C=O) groups excluding carboxylic acids is 2. The predicted molar refractivity (Wildman–Crippen MR) is 109 cm³/mol. The lowest BCUT2D eigenvalue weighted by molar-refractivity contribution is -0.147. The molecule has 1 aromatic heterocycles. The van der Waals surface area contributed by atoms with Crippen molar-refractivity contribution in [1.29, 1.82) is 0 Å². The second-order valence-corrected chi connectivity index (χ2v) is 9.06. The summed E-state index contributed by atoms with van der Waals surface area (Å²) in [6.45, 7) is 3.21. The van der Waals surface area contributed by atoms with Crippen molar-refractivity contribution in [2.45, 2.75) is 64.2 Å². The molecule has 3 aliphatic rings. The molecule has 0 unspecified atom stereocenters. The maximum absolute atomic E-state index is 13.4. The molecule has 0 bridgehead atoms. The van der Waals surface area contributed by atoms with Gasteiger partial charge < -0.3 is 9.80 Å². The van der Waals surface area contributed by atoms with Gasteiger partial charge in [-0.15, -0.1) is 0 Å². The molecular formula is C23H33N3O2. The van der Waals surface area contributed by atoms with Gasteiger partial charge in [-0.3, -0.25) is 14.6 Å². The minimum atomic E-state index is -0.306. The van der Waals surface area contributed by atoms with Crippen LogP contribution in [0.2, 0.25) is 0 Å². The number of pyridine rings is 1. The average molecular weight is 384 g/mol. The lowest BCUT2D eigenvalue weighted by atomic mass is 9.77. The van der Waals surface area contributed by atoms with Crippen molar-refractivity contribution in [2.24, 2.45) is 11.3 Å². The third kappa shape index (κ3) is 4.23. The summed E-state index contributed by atoms with van der Waals surface area (Å²) in [5, 5.41) is 0. The molecule has 1 saturated carbocycles. The highest BCUT2D eigenvalue weighted by Gasteiger charge is 2.49. The van der Waals surface area contributed by atoms with E-state index in [1.165, 1.54) is 32.1 Å². The summed E-state index contributed by atoms with van der Waals surface area (Å²) >= 11 is 0. The Hall–Kier alpha value is -1.91. The molecule has 0 aromatic carbocycles. The van der Waals surface area contributed by atoms with E-state index >= 15 is 0 Å².